The van der Waals surface area contributed by atoms with Crippen molar-refractivity contribution in [3.63, 3.8) is 0 Å². The molecular formula is C27H55NO5. The van der Waals surface area contributed by atoms with Crippen LogP contribution in [0.1, 0.15) is 130 Å². The summed E-state index contributed by atoms with van der Waals surface area (Å²) in [5, 5.41) is 11.9. The van der Waals surface area contributed by atoms with E-state index >= 15 is 0 Å². The maximum absolute atomic E-state index is 12.4. The summed E-state index contributed by atoms with van der Waals surface area (Å²) in [5.41, 5.74) is 0. The van der Waals surface area contributed by atoms with Gasteiger partial charge in [-0.15, -0.1) is 0 Å². The van der Waals surface area contributed by atoms with Crippen LogP contribution in [0.15, 0.2) is 0 Å². The summed E-state index contributed by atoms with van der Waals surface area (Å²) in [6.07, 6.45) is 19.1. The van der Waals surface area contributed by atoms with E-state index in [4.69, 9.17) is 19.3 Å². The summed E-state index contributed by atoms with van der Waals surface area (Å²) in [4.78, 5) is 12.4. The number of alkyl carbamates (subject to hydrolysis) is 1. The lowest BCUT2D eigenvalue weighted by molar-refractivity contribution is -0.166. The molecule has 0 aliphatic carbocycles. The predicted octanol–water partition coefficient (Wildman–Crippen LogP) is 7.12. The molecule has 0 heterocycles. The van der Waals surface area contributed by atoms with Gasteiger partial charge in [0.05, 0.1) is 6.61 Å². The van der Waals surface area contributed by atoms with Crippen molar-refractivity contribution in [3.8, 4) is 0 Å². The fourth-order valence-electron chi connectivity index (χ4n) is 3.88. The zero-order valence-electron chi connectivity index (χ0n) is 22.2. The summed E-state index contributed by atoms with van der Waals surface area (Å²) in [6.45, 7) is 6.73. The number of nitrogens with one attached hydrogen (secondary N) is 1. The molecule has 198 valence electrons. The highest BCUT2D eigenvalue weighted by molar-refractivity contribution is 5.67. The smallest absolute Gasteiger partial charge is 0.409 e. The van der Waals surface area contributed by atoms with Crippen LogP contribution in [-0.2, 0) is 14.2 Å². The monoisotopic (exact) mass is 473 g/mol. The van der Waals surface area contributed by atoms with Crippen LogP contribution in [0.25, 0.3) is 0 Å². The number of aliphatic hydroxyl groups is 1. The van der Waals surface area contributed by atoms with Gasteiger partial charge in [-0.1, -0.05) is 97.3 Å². The zero-order chi connectivity index (χ0) is 24.6. The Balaban J connectivity index is 3.87. The molecule has 0 saturated heterocycles. The van der Waals surface area contributed by atoms with Gasteiger partial charge in [0.15, 0.2) is 0 Å². The van der Waals surface area contributed by atoms with Crippen LogP contribution in [-0.4, -0.2) is 50.0 Å². The van der Waals surface area contributed by atoms with E-state index in [0.29, 0.717) is 19.4 Å². The minimum absolute atomic E-state index is 0.123. The molecule has 0 aliphatic heterocycles. The Morgan fingerprint density at radius 3 is 1.85 bits per heavy atom. The molecule has 3 unspecified atom stereocenters. The predicted molar refractivity (Wildman–Crippen MR) is 137 cm³/mol. The van der Waals surface area contributed by atoms with Crippen LogP contribution in [0.2, 0.25) is 0 Å². The van der Waals surface area contributed by atoms with Crippen molar-refractivity contribution >= 4 is 6.09 Å². The lowest BCUT2D eigenvalue weighted by Crippen LogP contribution is -2.41. The van der Waals surface area contributed by atoms with Gasteiger partial charge in [0, 0.05) is 19.8 Å². The molecule has 0 radical (unpaired) electrons. The van der Waals surface area contributed by atoms with Gasteiger partial charge >= 0.3 is 6.09 Å². The van der Waals surface area contributed by atoms with Crippen LogP contribution >= 0.6 is 0 Å². The van der Waals surface area contributed by atoms with E-state index in [9.17, 15) is 4.79 Å². The molecule has 0 aromatic heterocycles. The van der Waals surface area contributed by atoms with Crippen LogP contribution in [0.3, 0.4) is 0 Å². The quantitative estimate of drug-likeness (QED) is 0.115. The lowest BCUT2D eigenvalue weighted by Gasteiger charge is -2.25. The number of hydrogen-bond donors (Lipinski definition) is 2. The van der Waals surface area contributed by atoms with E-state index in [-0.39, 0.29) is 18.8 Å². The van der Waals surface area contributed by atoms with Gasteiger partial charge in [0.1, 0.15) is 6.10 Å². The van der Waals surface area contributed by atoms with Crippen LogP contribution < -0.4 is 5.32 Å². The Morgan fingerprint density at radius 2 is 1.36 bits per heavy atom. The third kappa shape index (κ3) is 20.3. The second-order valence-corrected chi connectivity index (χ2v) is 9.30. The van der Waals surface area contributed by atoms with E-state index in [1.54, 1.807) is 7.11 Å². The van der Waals surface area contributed by atoms with Crippen LogP contribution in [0.5, 0.6) is 0 Å². The van der Waals surface area contributed by atoms with Gasteiger partial charge < -0.3 is 24.6 Å². The highest BCUT2D eigenvalue weighted by Crippen LogP contribution is 2.14. The summed E-state index contributed by atoms with van der Waals surface area (Å²) in [5.74, 6) is 0. The first kappa shape index (κ1) is 32.1. The number of carbonyl (C=O) groups excluding carboxylic acids is 1. The molecule has 0 fully saturated rings. The Labute approximate surface area is 204 Å². The fourth-order valence-corrected chi connectivity index (χ4v) is 3.88. The van der Waals surface area contributed by atoms with Crippen molar-refractivity contribution in [2.24, 2.45) is 0 Å². The lowest BCUT2D eigenvalue weighted by atomic mass is 10.0. The molecule has 2 N–H and O–H groups in total. The van der Waals surface area contributed by atoms with Crippen molar-refractivity contribution in [1.29, 1.82) is 0 Å². The summed E-state index contributed by atoms with van der Waals surface area (Å²) in [6, 6.07) is 0.123. The second-order valence-electron chi connectivity index (χ2n) is 9.30. The van der Waals surface area contributed by atoms with Gasteiger partial charge in [-0.25, -0.2) is 4.79 Å². The molecule has 0 saturated carbocycles. The SMILES string of the molecule is CCCCCCCCCCCCCCCC(CC)NC(=O)OC(OCCCCO)C(C)OC. The van der Waals surface area contributed by atoms with Crippen molar-refractivity contribution in [2.75, 3.05) is 20.3 Å². The third-order valence-corrected chi connectivity index (χ3v) is 6.28. The standard InChI is InChI=1S/C27H55NO5/c1-5-7-8-9-10-11-12-13-14-15-16-17-18-21-25(6-2)28-27(30)33-26(24(3)31-4)32-23-20-19-22-29/h24-26,29H,5-23H2,1-4H3,(H,28,30). The number of amides is 1. The summed E-state index contributed by atoms with van der Waals surface area (Å²) < 4.78 is 16.4. The number of rotatable bonds is 24. The molecule has 6 heteroatoms. The number of aliphatic hydroxyl groups excluding tert-OH is 1. The Hall–Kier alpha value is -0.850. The highest BCUT2D eigenvalue weighted by Gasteiger charge is 2.23. The second kappa shape index (κ2) is 24.3. The Bertz CT molecular complexity index is 421. The topological polar surface area (TPSA) is 77.0 Å². The first-order valence-electron chi connectivity index (χ1n) is 13.8. The maximum Gasteiger partial charge on any atom is 0.409 e. The molecule has 6 nitrogen and oxygen atoms in total. The fraction of sp³-hybridized carbons (Fsp3) is 0.963. The molecule has 0 aliphatic rings. The maximum atomic E-state index is 12.4. The Kier molecular flexibility index (Phi) is 23.7. The van der Waals surface area contributed by atoms with Crippen molar-refractivity contribution in [3.05, 3.63) is 0 Å². The van der Waals surface area contributed by atoms with Gasteiger partial charge in [0.25, 0.3) is 0 Å². The van der Waals surface area contributed by atoms with E-state index in [1.165, 1.54) is 77.0 Å². The molecule has 0 bridgehead atoms. The van der Waals surface area contributed by atoms with E-state index < -0.39 is 12.4 Å². The molecule has 3 atom stereocenters. The van der Waals surface area contributed by atoms with E-state index in [1.807, 2.05) is 6.92 Å². The van der Waals surface area contributed by atoms with Gasteiger partial charge in [0.2, 0.25) is 6.29 Å². The number of methoxy groups -OCH3 is 1. The molecule has 0 aromatic rings. The molecule has 0 spiro atoms. The molecular weight excluding hydrogens is 418 g/mol. The van der Waals surface area contributed by atoms with Crippen LogP contribution in [0.4, 0.5) is 4.79 Å². The number of ether oxygens (including phenoxy) is 3. The third-order valence-electron chi connectivity index (χ3n) is 6.28. The van der Waals surface area contributed by atoms with E-state index in [0.717, 1.165) is 19.3 Å². The minimum Gasteiger partial charge on any atom is -0.417 e. The largest absolute Gasteiger partial charge is 0.417 e. The van der Waals surface area contributed by atoms with Crippen LogP contribution in [0, 0.1) is 0 Å². The number of unbranched alkanes of at least 4 members (excludes halogenated alkanes) is 13. The Morgan fingerprint density at radius 1 is 0.818 bits per heavy atom. The average molecular weight is 474 g/mol. The molecule has 33 heavy (non-hydrogen) atoms. The van der Waals surface area contributed by atoms with E-state index in [2.05, 4.69) is 19.2 Å². The highest BCUT2D eigenvalue weighted by atomic mass is 16.7. The molecule has 0 aromatic carbocycles. The summed E-state index contributed by atoms with van der Waals surface area (Å²) >= 11 is 0. The number of carbonyl (C=O) groups is 1. The van der Waals surface area contributed by atoms with Gasteiger partial charge in [-0.3, -0.25) is 0 Å². The van der Waals surface area contributed by atoms with Crippen molar-refractivity contribution in [2.45, 2.75) is 148 Å². The number of hydrogen-bond acceptors (Lipinski definition) is 5. The first-order valence-corrected chi connectivity index (χ1v) is 13.8. The van der Waals surface area contributed by atoms with Gasteiger partial charge in [-0.05, 0) is 32.6 Å². The molecule has 1 amide bonds. The van der Waals surface area contributed by atoms with Crippen molar-refractivity contribution in [1.82, 2.24) is 5.32 Å². The normalized spacial score (nSPS) is 14.1. The summed E-state index contributed by atoms with van der Waals surface area (Å²) in [7, 11) is 1.57. The van der Waals surface area contributed by atoms with Gasteiger partial charge in [-0.2, -0.15) is 0 Å². The zero-order valence-corrected chi connectivity index (χ0v) is 22.2. The van der Waals surface area contributed by atoms with Crippen molar-refractivity contribution < 1.29 is 24.1 Å². The minimum atomic E-state index is -0.748. The first-order chi connectivity index (χ1) is 16.1. The molecule has 0 rings (SSSR count). The average Bonchev–Trinajstić information content (AvgIpc) is 2.82.